The second-order valence-corrected chi connectivity index (χ2v) is 6.44. The molecule has 0 aliphatic carbocycles. The molecule has 0 radical (unpaired) electrons. The van der Waals surface area contributed by atoms with Crippen LogP contribution in [0.1, 0.15) is 21.5 Å². The van der Waals surface area contributed by atoms with Crippen LogP contribution < -0.4 is 5.32 Å². The van der Waals surface area contributed by atoms with Crippen molar-refractivity contribution in [2.45, 2.75) is 23.8 Å². The second-order valence-electron chi connectivity index (χ2n) is 5.37. The zero-order valence-corrected chi connectivity index (χ0v) is 14.3. The van der Waals surface area contributed by atoms with Crippen molar-refractivity contribution in [3.8, 4) is 0 Å². The maximum atomic E-state index is 12.5. The highest BCUT2D eigenvalue weighted by atomic mass is 32.2. The van der Waals surface area contributed by atoms with Crippen LogP contribution in [0.15, 0.2) is 70.8 Å². The lowest BCUT2D eigenvalue weighted by Gasteiger charge is -2.09. The molecule has 3 aromatic rings. The van der Waals surface area contributed by atoms with E-state index in [1.807, 2.05) is 12.1 Å². The van der Waals surface area contributed by atoms with Crippen molar-refractivity contribution in [1.29, 1.82) is 0 Å². The molecular formula is C19H17N3OS. The SMILES string of the molecule is Cc1ccc(Sc2ncccc2C(=O)Nc2ccccn2)cc1C. The zero-order valence-electron chi connectivity index (χ0n) is 13.5. The van der Waals surface area contributed by atoms with E-state index in [1.165, 1.54) is 22.9 Å². The predicted octanol–water partition coefficient (Wildman–Crippen LogP) is 4.50. The maximum Gasteiger partial charge on any atom is 0.259 e. The summed E-state index contributed by atoms with van der Waals surface area (Å²) in [5, 5.41) is 3.48. The summed E-state index contributed by atoms with van der Waals surface area (Å²) in [6.07, 6.45) is 3.34. The summed E-state index contributed by atoms with van der Waals surface area (Å²) in [5.41, 5.74) is 3.00. The highest BCUT2D eigenvalue weighted by Crippen LogP contribution is 2.30. The van der Waals surface area contributed by atoms with Crippen LogP contribution in [0.5, 0.6) is 0 Å². The molecule has 0 fully saturated rings. The number of carbonyl (C=O) groups is 1. The van der Waals surface area contributed by atoms with Gasteiger partial charge in [-0.05, 0) is 61.4 Å². The molecule has 1 amide bonds. The van der Waals surface area contributed by atoms with Crippen LogP contribution in [0.2, 0.25) is 0 Å². The summed E-state index contributed by atoms with van der Waals surface area (Å²) < 4.78 is 0. The van der Waals surface area contributed by atoms with E-state index in [-0.39, 0.29) is 5.91 Å². The molecule has 2 aromatic heterocycles. The normalized spacial score (nSPS) is 10.4. The number of nitrogens with one attached hydrogen (secondary N) is 1. The van der Waals surface area contributed by atoms with E-state index >= 15 is 0 Å². The Kier molecular flexibility index (Phi) is 4.91. The standard InChI is InChI=1S/C19H17N3OS/c1-13-8-9-15(12-14(13)2)24-19-16(6-5-11-21-19)18(23)22-17-7-3-4-10-20-17/h3-12H,1-2H3,(H,20,22,23). The summed E-state index contributed by atoms with van der Waals surface area (Å²) in [6.45, 7) is 4.16. The van der Waals surface area contributed by atoms with Crippen LogP contribution in [0, 0.1) is 13.8 Å². The molecule has 0 atom stereocenters. The summed E-state index contributed by atoms with van der Waals surface area (Å²) in [6, 6.07) is 15.2. The van der Waals surface area contributed by atoms with Crippen LogP contribution in [-0.4, -0.2) is 15.9 Å². The molecule has 0 saturated carbocycles. The number of amides is 1. The number of anilines is 1. The van der Waals surface area contributed by atoms with Gasteiger partial charge in [-0.25, -0.2) is 9.97 Å². The van der Waals surface area contributed by atoms with Crippen molar-refractivity contribution in [3.63, 3.8) is 0 Å². The van der Waals surface area contributed by atoms with Gasteiger partial charge < -0.3 is 5.32 Å². The van der Waals surface area contributed by atoms with E-state index in [0.29, 0.717) is 16.4 Å². The lowest BCUT2D eigenvalue weighted by atomic mass is 10.1. The second kappa shape index (κ2) is 7.27. The molecule has 120 valence electrons. The van der Waals surface area contributed by atoms with Gasteiger partial charge in [0.15, 0.2) is 0 Å². The van der Waals surface area contributed by atoms with E-state index in [1.54, 1.807) is 36.7 Å². The number of nitrogens with zero attached hydrogens (tertiary/aromatic N) is 2. The Hall–Kier alpha value is -2.66. The van der Waals surface area contributed by atoms with Crippen LogP contribution >= 0.6 is 11.8 Å². The van der Waals surface area contributed by atoms with Gasteiger partial charge in [0.1, 0.15) is 10.8 Å². The first-order valence-electron chi connectivity index (χ1n) is 7.56. The first kappa shape index (κ1) is 16.2. The minimum atomic E-state index is -0.215. The first-order chi connectivity index (χ1) is 11.6. The quantitative estimate of drug-likeness (QED) is 0.763. The van der Waals surface area contributed by atoms with E-state index in [4.69, 9.17) is 0 Å². The number of hydrogen-bond donors (Lipinski definition) is 1. The van der Waals surface area contributed by atoms with Gasteiger partial charge in [-0.15, -0.1) is 0 Å². The van der Waals surface area contributed by atoms with Crippen molar-refractivity contribution in [2.24, 2.45) is 0 Å². The number of pyridine rings is 2. The van der Waals surface area contributed by atoms with Crippen molar-refractivity contribution in [1.82, 2.24) is 9.97 Å². The van der Waals surface area contributed by atoms with Crippen LogP contribution in [0.3, 0.4) is 0 Å². The Morgan fingerprint density at radius 2 is 1.79 bits per heavy atom. The molecule has 0 unspecified atom stereocenters. The molecule has 0 aliphatic rings. The van der Waals surface area contributed by atoms with Gasteiger partial charge in [-0.1, -0.05) is 23.9 Å². The Labute approximate surface area is 145 Å². The molecular weight excluding hydrogens is 318 g/mol. The molecule has 5 heteroatoms. The van der Waals surface area contributed by atoms with Gasteiger partial charge in [0, 0.05) is 17.3 Å². The average molecular weight is 335 g/mol. The van der Waals surface area contributed by atoms with Gasteiger partial charge >= 0.3 is 0 Å². The number of aromatic nitrogens is 2. The molecule has 24 heavy (non-hydrogen) atoms. The van der Waals surface area contributed by atoms with E-state index in [0.717, 1.165) is 4.90 Å². The fourth-order valence-corrected chi connectivity index (χ4v) is 3.13. The summed E-state index contributed by atoms with van der Waals surface area (Å²) in [4.78, 5) is 22.1. The molecule has 4 nitrogen and oxygen atoms in total. The summed E-state index contributed by atoms with van der Waals surface area (Å²) >= 11 is 1.48. The Morgan fingerprint density at radius 3 is 2.54 bits per heavy atom. The highest BCUT2D eigenvalue weighted by Gasteiger charge is 2.14. The molecule has 2 heterocycles. The number of hydrogen-bond acceptors (Lipinski definition) is 4. The third kappa shape index (κ3) is 3.81. The zero-order chi connectivity index (χ0) is 16.9. The van der Waals surface area contributed by atoms with E-state index in [9.17, 15) is 4.79 Å². The van der Waals surface area contributed by atoms with Gasteiger partial charge in [-0.2, -0.15) is 0 Å². The monoisotopic (exact) mass is 335 g/mol. The molecule has 1 N–H and O–H groups in total. The van der Waals surface area contributed by atoms with Gasteiger partial charge in [0.05, 0.1) is 5.56 Å². The summed E-state index contributed by atoms with van der Waals surface area (Å²) in [7, 11) is 0. The topological polar surface area (TPSA) is 54.9 Å². The van der Waals surface area contributed by atoms with Gasteiger partial charge in [-0.3, -0.25) is 4.79 Å². The largest absolute Gasteiger partial charge is 0.306 e. The number of aryl methyl sites for hydroxylation is 2. The lowest BCUT2D eigenvalue weighted by Crippen LogP contribution is -2.14. The fourth-order valence-electron chi connectivity index (χ4n) is 2.15. The first-order valence-corrected chi connectivity index (χ1v) is 8.37. The minimum absolute atomic E-state index is 0.215. The number of rotatable bonds is 4. The Balaban J connectivity index is 1.84. The molecule has 1 aromatic carbocycles. The Bertz CT molecular complexity index is 865. The predicted molar refractivity (Wildman–Crippen MR) is 96.5 cm³/mol. The average Bonchev–Trinajstić information content (AvgIpc) is 2.59. The van der Waals surface area contributed by atoms with Crippen molar-refractivity contribution < 1.29 is 4.79 Å². The number of carbonyl (C=O) groups excluding carboxylic acids is 1. The minimum Gasteiger partial charge on any atom is -0.306 e. The smallest absolute Gasteiger partial charge is 0.259 e. The Morgan fingerprint density at radius 1 is 0.958 bits per heavy atom. The van der Waals surface area contributed by atoms with Crippen LogP contribution in [0.25, 0.3) is 0 Å². The van der Waals surface area contributed by atoms with E-state index < -0.39 is 0 Å². The maximum absolute atomic E-state index is 12.5. The van der Waals surface area contributed by atoms with Crippen LogP contribution in [0.4, 0.5) is 5.82 Å². The molecule has 0 aliphatic heterocycles. The van der Waals surface area contributed by atoms with Crippen molar-refractivity contribution >= 4 is 23.5 Å². The van der Waals surface area contributed by atoms with Crippen LogP contribution in [-0.2, 0) is 0 Å². The fraction of sp³-hybridized carbons (Fsp3) is 0.105. The number of benzene rings is 1. The third-order valence-electron chi connectivity index (χ3n) is 3.62. The lowest BCUT2D eigenvalue weighted by molar-refractivity contribution is 0.102. The van der Waals surface area contributed by atoms with E-state index in [2.05, 4.69) is 41.3 Å². The third-order valence-corrected chi connectivity index (χ3v) is 4.62. The highest BCUT2D eigenvalue weighted by molar-refractivity contribution is 7.99. The molecule has 0 bridgehead atoms. The van der Waals surface area contributed by atoms with Crippen molar-refractivity contribution in [3.05, 3.63) is 77.6 Å². The van der Waals surface area contributed by atoms with Gasteiger partial charge in [0.2, 0.25) is 0 Å². The molecule has 0 spiro atoms. The molecule has 0 saturated heterocycles. The van der Waals surface area contributed by atoms with Crippen molar-refractivity contribution in [2.75, 3.05) is 5.32 Å². The summed E-state index contributed by atoms with van der Waals surface area (Å²) in [5.74, 6) is 0.307. The molecule has 3 rings (SSSR count). The van der Waals surface area contributed by atoms with Gasteiger partial charge in [0.25, 0.3) is 5.91 Å².